The molecule has 0 heteroatoms. The molecule has 0 rings (SSSR count). The summed E-state index contributed by atoms with van der Waals surface area (Å²) in [5, 5.41) is 0. The fourth-order valence-electron chi connectivity index (χ4n) is 2.04. The summed E-state index contributed by atoms with van der Waals surface area (Å²) in [6, 6.07) is 0. The molecule has 0 aromatic rings. The van der Waals surface area contributed by atoms with Gasteiger partial charge in [-0.3, -0.25) is 0 Å². The first kappa shape index (κ1) is 21.2. The van der Waals surface area contributed by atoms with E-state index in [1.807, 2.05) is 42.5 Å². The van der Waals surface area contributed by atoms with Crippen molar-refractivity contribution in [2.45, 2.75) is 58.3 Å². The van der Waals surface area contributed by atoms with Crippen LogP contribution in [0, 0.1) is 6.58 Å². The third-order valence-corrected chi connectivity index (χ3v) is 3.33. The van der Waals surface area contributed by atoms with Crippen LogP contribution >= 0.6 is 0 Å². The quantitative estimate of drug-likeness (QED) is 0.231. The van der Waals surface area contributed by atoms with Gasteiger partial charge in [0.25, 0.3) is 0 Å². The molecule has 0 saturated carbocycles. The molecule has 0 aliphatic heterocycles. The van der Waals surface area contributed by atoms with E-state index < -0.39 is 0 Å². The summed E-state index contributed by atoms with van der Waals surface area (Å²) < 4.78 is 0. The highest BCUT2D eigenvalue weighted by Gasteiger charge is 1.88. The average Bonchev–Trinajstić information content (AvgIpc) is 2.57. The van der Waals surface area contributed by atoms with Crippen LogP contribution < -0.4 is 0 Å². The van der Waals surface area contributed by atoms with Crippen molar-refractivity contribution in [2.24, 2.45) is 0 Å². The van der Waals surface area contributed by atoms with E-state index in [2.05, 4.69) is 31.2 Å². The van der Waals surface area contributed by atoms with Crippen LogP contribution in [0.15, 0.2) is 79.0 Å². The summed E-state index contributed by atoms with van der Waals surface area (Å²) in [5.74, 6) is 0. The third kappa shape index (κ3) is 20.2. The van der Waals surface area contributed by atoms with Crippen LogP contribution in [0.5, 0.6) is 0 Å². The van der Waals surface area contributed by atoms with Gasteiger partial charge in [-0.05, 0) is 12.8 Å². The van der Waals surface area contributed by atoms with Crippen LogP contribution in [-0.4, -0.2) is 0 Å². The summed E-state index contributed by atoms with van der Waals surface area (Å²) in [5.41, 5.74) is 0. The van der Waals surface area contributed by atoms with Gasteiger partial charge in [-0.15, -0.1) is 0 Å². The SMILES string of the molecule is [CH]=C/C=C/C=C/C=C/C=C/C=C/C=C/CCCCCCCCC. The van der Waals surface area contributed by atoms with E-state index in [0.29, 0.717) is 0 Å². The second-order valence-corrected chi connectivity index (χ2v) is 5.46. The maximum atomic E-state index is 5.22. The average molecular weight is 310 g/mol. The maximum Gasteiger partial charge on any atom is -0.0348 e. The van der Waals surface area contributed by atoms with Crippen molar-refractivity contribution >= 4 is 0 Å². The van der Waals surface area contributed by atoms with E-state index in [9.17, 15) is 0 Å². The first-order chi connectivity index (χ1) is 11.4. The Labute approximate surface area is 144 Å². The van der Waals surface area contributed by atoms with Gasteiger partial charge in [0.05, 0.1) is 0 Å². The predicted octanol–water partition coefficient (Wildman–Crippen LogP) is 7.45. The predicted molar refractivity (Wildman–Crippen MR) is 106 cm³/mol. The molecule has 0 aliphatic carbocycles. The highest BCUT2D eigenvalue weighted by Crippen LogP contribution is 2.08. The van der Waals surface area contributed by atoms with Gasteiger partial charge in [0.2, 0.25) is 0 Å². The van der Waals surface area contributed by atoms with Crippen LogP contribution in [0.25, 0.3) is 0 Å². The first-order valence-corrected chi connectivity index (χ1v) is 8.95. The molecule has 0 unspecified atom stereocenters. The number of allylic oxidation sites excluding steroid dienone is 13. The van der Waals surface area contributed by atoms with Crippen molar-refractivity contribution in [3.05, 3.63) is 85.6 Å². The minimum absolute atomic E-state index is 1.19. The second kappa shape index (κ2) is 20.2. The van der Waals surface area contributed by atoms with Gasteiger partial charge >= 0.3 is 0 Å². The van der Waals surface area contributed by atoms with Crippen LogP contribution in [0.1, 0.15) is 58.3 Å². The zero-order chi connectivity index (χ0) is 16.8. The van der Waals surface area contributed by atoms with Gasteiger partial charge in [-0.1, -0.05) is 131 Å². The van der Waals surface area contributed by atoms with Gasteiger partial charge < -0.3 is 0 Å². The van der Waals surface area contributed by atoms with Crippen LogP contribution in [0.2, 0.25) is 0 Å². The molecular weight excluding hydrogens is 276 g/mol. The molecule has 0 atom stereocenters. The van der Waals surface area contributed by atoms with Gasteiger partial charge in [0, 0.05) is 0 Å². The van der Waals surface area contributed by atoms with E-state index >= 15 is 0 Å². The van der Waals surface area contributed by atoms with E-state index in [4.69, 9.17) is 6.58 Å². The first-order valence-electron chi connectivity index (χ1n) is 8.95. The van der Waals surface area contributed by atoms with E-state index in [0.717, 1.165) is 0 Å². The summed E-state index contributed by atoms with van der Waals surface area (Å²) >= 11 is 0. The molecule has 0 saturated heterocycles. The molecular formula is C23H33. The smallest absolute Gasteiger partial charge is 0.0348 e. The number of hydrogen-bond donors (Lipinski definition) is 0. The topological polar surface area (TPSA) is 0 Å². The van der Waals surface area contributed by atoms with Crippen molar-refractivity contribution in [2.75, 3.05) is 0 Å². The Morgan fingerprint density at radius 3 is 1.48 bits per heavy atom. The van der Waals surface area contributed by atoms with Crippen molar-refractivity contribution in [3.63, 3.8) is 0 Å². The third-order valence-electron chi connectivity index (χ3n) is 3.33. The number of unbranched alkanes of at least 4 members (excludes halogenated alkanes) is 7. The maximum absolute atomic E-state index is 5.22. The van der Waals surface area contributed by atoms with Crippen molar-refractivity contribution < 1.29 is 0 Å². The van der Waals surface area contributed by atoms with Gasteiger partial charge in [-0.25, -0.2) is 0 Å². The fourth-order valence-corrected chi connectivity index (χ4v) is 2.04. The molecule has 0 amide bonds. The lowest BCUT2D eigenvalue weighted by atomic mass is 10.1. The van der Waals surface area contributed by atoms with Crippen LogP contribution in [0.4, 0.5) is 0 Å². The molecule has 0 aromatic carbocycles. The molecule has 0 aromatic heterocycles. The van der Waals surface area contributed by atoms with Gasteiger partial charge in [0.1, 0.15) is 0 Å². The Morgan fingerprint density at radius 2 is 0.957 bits per heavy atom. The fraction of sp³-hybridized carbons (Fsp3) is 0.391. The highest BCUT2D eigenvalue weighted by molar-refractivity contribution is 5.20. The molecule has 0 heterocycles. The normalized spacial score (nSPS) is 13.1. The summed E-state index contributed by atoms with van der Waals surface area (Å²) in [6.07, 6.45) is 36.5. The van der Waals surface area contributed by atoms with E-state index in [-0.39, 0.29) is 0 Å². The minimum Gasteiger partial charge on any atom is -0.0845 e. The molecule has 0 bridgehead atoms. The Kier molecular flexibility index (Phi) is 18.6. The Hall–Kier alpha value is -1.82. The second-order valence-electron chi connectivity index (χ2n) is 5.46. The molecule has 125 valence electrons. The van der Waals surface area contributed by atoms with Crippen LogP contribution in [-0.2, 0) is 0 Å². The van der Waals surface area contributed by atoms with E-state index in [1.54, 1.807) is 6.08 Å². The molecule has 0 fully saturated rings. The minimum atomic E-state index is 1.19. The van der Waals surface area contributed by atoms with Crippen LogP contribution in [0.3, 0.4) is 0 Å². The van der Waals surface area contributed by atoms with Crippen molar-refractivity contribution in [1.29, 1.82) is 0 Å². The zero-order valence-electron chi connectivity index (χ0n) is 14.7. The molecule has 0 N–H and O–H groups in total. The lowest BCUT2D eigenvalue weighted by Gasteiger charge is -1.98. The van der Waals surface area contributed by atoms with E-state index in [1.165, 1.54) is 57.4 Å². The lowest BCUT2D eigenvalue weighted by Crippen LogP contribution is -1.78. The van der Waals surface area contributed by atoms with Crippen molar-refractivity contribution in [1.82, 2.24) is 0 Å². The molecule has 1 radical (unpaired) electrons. The van der Waals surface area contributed by atoms with Gasteiger partial charge in [-0.2, -0.15) is 0 Å². The largest absolute Gasteiger partial charge is 0.0845 e. The molecule has 0 spiro atoms. The summed E-state index contributed by atoms with van der Waals surface area (Å²) in [4.78, 5) is 0. The van der Waals surface area contributed by atoms with Crippen molar-refractivity contribution in [3.8, 4) is 0 Å². The zero-order valence-corrected chi connectivity index (χ0v) is 14.7. The number of rotatable bonds is 14. The Balaban J connectivity index is 3.52. The molecule has 0 nitrogen and oxygen atoms in total. The summed E-state index contributed by atoms with van der Waals surface area (Å²) in [7, 11) is 0. The Morgan fingerprint density at radius 1 is 0.522 bits per heavy atom. The summed E-state index contributed by atoms with van der Waals surface area (Å²) in [6.45, 7) is 7.48. The standard InChI is InChI=1S/C23H33/c1-3-5-7-9-11-13-15-17-19-21-23-22-20-18-16-14-12-10-8-6-4-2/h1,3,5,7,9,11,13,15,17,19-23H,4,6,8,10,12,14,16,18H2,2H3/b3-1?,7-5+,11-9+,15-13+,19-17+,22-20+,23-21+. The van der Waals surface area contributed by atoms with Gasteiger partial charge in [0.15, 0.2) is 0 Å². The monoisotopic (exact) mass is 309 g/mol. The Bertz CT molecular complexity index is 413. The highest BCUT2D eigenvalue weighted by atomic mass is 13.9. The molecule has 0 aliphatic rings. The molecule has 23 heavy (non-hydrogen) atoms. The lowest BCUT2D eigenvalue weighted by molar-refractivity contribution is 0.592. The number of hydrogen-bond acceptors (Lipinski definition) is 0.